The first-order valence-electron chi connectivity index (χ1n) is 8.72. The molecule has 0 radical (unpaired) electrons. The minimum absolute atomic E-state index is 0.0792. The molecule has 1 amide bonds. The molecule has 1 aromatic heterocycles. The Hall–Kier alpha value is -2.71. The molecular formula is C20H19ClFN3O3S. The van der Waals surface area contributed by atoms with Crippen molar-refractivity contribution in [2.75, 3.05) is 11.6 Å². The fourth-order valence-corrected chi connectivity index (χ4v) is 3.75. The topological polar surface area (TPSA) is 81.1 Å². The van der Waals surface area contributed by atoms with Crippen molar-refractivity contribution in [1.82, 2.24) is 9.78 Å². The van der Waals surface area contributed by atoms with Crippen molar-refractivity contribution in [3.63, 3.8) is 0 Å². The van der Waals surface area contributed by atoms with Crippen LogP contribution in [0.5, 0.6) is 0 Å². The maximum atomic E-state index is 14.2. The lowest BCUT2D eigenvalue weighted by molar-refractivity contribution is 0.102. The van der Waals surface area contributed by atoms with Gasteiger partial charge in [-0.2, -0.15) is 5.10 Å². The number of benzene rings is 2. The number of carbonyl (C=O) groups is 1. The molecule has 1 N–H and O–H groups in total. The lowest BCUT2D eigenvalue weighted by atomic mass is 10.0. The Labute approximate surface area is 173 Å². The summed E-state index contributed by atoms with van der Waals surface area (Å²) >= 11 is 6.06. The summed E-state index contributed by atoms with van der Waals surface area (Å²) in [4.78, 5) is 12.8. The minimum atomic E-state index is -3.55. The Morgan fingerprint density at radius 1 is 1.21 bits per heavy atom. The van der Waals surface area contributed by atoms with Gasteiger partial charge >= 0.3 is 0 Å². The van der Waals surface area contributed by atoms with Crippen LogP contribution in [0.2, 0.25) is 5.02 Å². The molecule has 29 heavy (non-hydrogen) atoms. The van der Waals surface area contributed by atoms with Crippen LogP contribution in [0.15, 0.2) is 53.6 Å². The van der Waals surface area contributed by atoms with Gasteiger partial charge in [0.25, 0.3) is 5.91 Å². The molecule has 0 saturated heterocycles. The summed E-state index contributed by atoms with van der Waals surface area (Å²) in [6.45, 7) is 3.80. The third-order valence-corrected chi connectivity index (χ3v) is 5.61. The Kier molecular flexibility index (Phi) is 5.77. The molecular weight excluding hydrogens is 417 g/mol. The predicted octanol–water partition coefficient (Wildman–Crippen LogP) is 4.44. The van der Waals surface area contributed by atoms with Crippen LogP contribution in [0, 0.1) is 5.82 Å². The summed E-state index contributed by atoms with van der Waals surface area (Å²) in [5, 5.41) is 7.28. The zero-order chi connectivity index (χ0) is 21.3. The van der Waals surface area contributed by atoms with E-state index in [1.54, 1.807) is 22.9 Å². The number of nitrogens with one attached hydrogen (secondary N) is 1. The quantitative estimate of drug-likeness (QED) is 0.600. The molecule has 0 atom stereocenters. The highest BCUT2D eigenvalue weighted by atomic mass is 35.5. The summed E-state index contributed by atoms with van der Waals surface area (Å²) in [7, 11) is -3.55. The molecule has 0 bridgehead atoms. The molecule has 3 rings (SSSR count). The van der Waals surface area contributed by atoms with Gasteiger partial charge in [-0.05, 0) is 42.3 Å². The summed E-state index contributed by atoms with van der Waals surface area (Å²) in [6.07, 6.45) is 2.40. The number of sulfone groups is 1. The second-order valence-electron chi connectivity index (χ2n) is 6.86. The van der Waals surface area contributed by atoms with Crippen LogP contribution in [0.25, 0.3) is 5.69 Å². The van der Waals surface area contributed by atoms with Gasteiger partial charge in [0, 0.05) is 11.3 Å². The number of carbonyl (C=O) groups excluding carboxylic acids is 1. The third kappa shape index (κ3) is 4.49. The molecule has 0 unspecified atom stereocenters. The smallest absolute Gasteiger partial charge is 0.259 e. The van der Waals surface area contributed by atoms with Gasteiger partial charge in [-0.25, -0.2) is 17.5 Å². The van der Waals surface area contributed by atoms with Gasteiger partial charge in [-0.3, -0.25) is 4.79 Å². The number of rotatable bonds is 5. The largest absolute Gasteiger partial charge is 0.319 e. The Bertz CT molecular complexity index is 1190. The van der Waals surface area contributed by atoms with Crippen molar-refractivity contribution in [2.24, 2.45) is 0 Å². The van der Waals surface area contributed by atoms with Crippen molar-refractivity contribution < 1.29 is 17.6 Å². The van der Waals surface area contributed by atoms with Gasteiger partial charge in [0.05, 0.1) is 33.7 Å². The molecule has 1 heterocycles. The highest BCUT2D eigenvalue weighted by Crippen LogP contribution is 2.26. The average Bonchev–Trinajstić information content (AvgIpc) is 3.08. The molecule has 3 aromatic rings. The lowest BCUT2D eigenvalue weighted by Gasteiger charge is -2.13. The standard InChI is InChI=1S/C20H19ClFN3O3S/c1-12(2)19-16(11-23-25(19)14-6-4-5-13(21)9-14)20(26)24-18-10-15(29(3,27)28)7-8-17(18)22/h4-12H,1-3H3,(H,24,26). The van der Waals surface area contributed by atoms with Gasteiger partial charge in [-0.15, -0.1) is 0 Å². The van der Waals surface area contributed by atoms with Crippen molar-refractivity contribution in [3.8, 4) is 5.69 Å². The van der Waals surface area contributed by atoms with Gasteiger partial charge in [0.1, 0.15) is 5.82 Å². The number of halogens is 2. The first-order chi connectivity index (χ1) is 13.6. The second-order valence-corrected chi connectivity index (χ2v) is 9.31. The molecule has 0 saturated carbocycles. The number of nitrogens with zero attached hydrogens (tertiary/aromatic N) is 2. The first kappa shape index (κ1) is 21.0. The van der Waals surface area contributed by atoms with Crippen molar-refractivity contribution in [3.05, 3.63) is 70.8 Å². The maximum absolute atomic E-state index is 14.2. The van der Waals surface area contributed by atoms with Gasteiger partial charge in [0.2, 0.25) is 0 Å². The number of hydrogen-bond acceptors (Lipinski definition) is 4. The van der Waals surface area contributed by atoms with Crippen molar-refractivity contribution in [2.45, 2.75) is 24.7 Å². The predicted molar refractivity (Wildman–Crippen MR) is 110 cm³/mol. The third-order valence-electron chi connectivity index (χ3n) is 4.26. The van der Waals surface area contributed by atoms with Crippen molar-refractivity contribution >= 4 is 33.0 Å². The molecule has 0 spiro atoms. The van der Waals surface area contributed by atoms with E-state index >= 15 is 0 Å². The van der Waals surface area contributed by atoms with Crippen LogP contribution in [0.4, 0.5) is 10.1 Å². The zero-order valence-electron chi connectivity index (χ0n) is 16.0. The summed E-state index contributed by atoms with van der Waals surface area (Å²) in [5.74, 6) is -1.41. The SMILES string of the molecule is CC(C)c1c(C(=O)Nc2cc(S(C)(=O)=O)ccc2F)cnn1-c1cccc(Cl)c1. The van der Waals surface area contributed by atoms with E-state index in [2.05, 4.69) is 10.4 Å². The number of hydrogen-bond donors (Lipinski definition) is 1. The Morgan fingerprint density at radius 2 is 1.93 bits per heavy atom. The molecule has 0 aliphatic rings. The van der Waals surface area contributed by atoms with E-state index in [4.69, 9.17) is 11.6 Å². The van der Waals surface area contributed by atoms with E-state index in [-0.39, 0.29) is 22.1 Å². The van der Waals surface area contributed by atoms with E-state index in [0.717, 1.165) is 24.5 Å². The van der Waals surface area contributed by atoms with Gasteiger partial charge < -0.3 is 5.32 Å². The van der Waals surface area contributed by atoms with E-state index in [1.807, 2.05) is 19.9 Å². The van der Waals surface area contributed by atoms with Crippen molar-refractivity contribution in [1.29, 1.82) is 0 Å². The fourth-order valence-electron chi connectivity index (χ4n) is 2.92. The summed E-state index contributed by atoms with van der Waals surface area (Å²) < 4.78 is 39.2. The minimum Gasteiger partial charge on any atom is -0.319 e. The molecule has 9 heteroatoms. The summed E-state index contributed by atoms with van der Waals surface area (Å²) in [5.41, 5.74) is 1.34. The van der Waals surface area contributed by atoms with Crippen LogP contribution < -0.4 is 5.32 Å². The van der Waals surface area contributed by atoms with E-state index in [0.29, 0.717) is 16.4 Å². The van der Waals surface area contributed by atoms with Crippen LogP contribution >= 0.6 is 11.6 Å². The Morgan fingerprint density at radius 3 is 2.55 bits per heavy atom. The molecule has 0 fully saturated rings. The van der Waals surface area contributed by atoms with Gasteiger partial charge in [-0.1, -0.05) is 31.5 Å². The van der Waals surface area contributed by atoms with E-state index < -0.39 is 21.6 Å². The molecule has 0 aliphatic heterocycles. The van der Waals surface area contributed by atoms with Crippen LogP contribution in [0.3, 0.4) is 0 Å². The van der Waals surface area contributed by atoms with Crippen LogP contribution in [0.1, 0.15) is 35.8 Å². The highest BCUT2D eigenvalue weighted by molar-refractivity contribution is 7.90. The normalized spacial score (nSPS) is 11.7. The molecule has 2 aromatic carbocycles. The highest BCUT2D eigenvalue weighted by Gasteiger charge is 2.22. The first-order valence-corrected chi connectivity index (χ1v) is 11.0. The lowest BCUT2D eigenvalue weighted by Crippen LogP contribution is -2.16. The Balaban J connectivity index is 2.01. The maximum Gasteiger partial charge on any atom is 0.259 e. The molecule has 0 aliphatic carbocycles. The second kappa shape index (κ2) is 7.96. The number of amides is 1. The van der Waals surface area contributed by atoms with Crippen LogP contribution in [-0.2, 0) is 9.84 Å². The molecule has 6 nitrogen and oxygen atoms in total. The number of aromatic nitrogens is 2. The van der Waals surface area contributed by atoms with E-state index in [9.17, 15) is 17.6 Å². The average molecular weight is 436 g/mol. The van der Waals surface area contributed by atoms with Gasteiger partial charge in [0.15, 0.2) is 9.84 Å². The fraction of sp³-hybridized carbons (Fsp3) is 0.200. The summed E-state index contributed by atoms with van der Waals surface area (Å²) in [6, 6.07) is 10.3. The zero-order valence-corrected chi connectivity index (χ0v) is 17.6. The monoisotopic (exact) mass is 435 g/mol. The molecule has 152 valence electrons. The van der Waals surface area contributed by atoms with E-state index in [1.165, 1.54) is 6.20 Å². The van der Waals surface area contributed by atoms with Crippen LogP contribution in [-0.4, -0.2) is 30.4 Å². The number of anilines is 1.